The third-order valence-electron chi connectivity index (χ3n) is 10.3. The Morgan fingerprint density at radius 2 is 1.83 bits per heavy atom. The van der Waals surface area contributed by atoms with Crippen LogP contribution < -0.4 is 0 Å². The summed E-state index contributed by atoms with van der Waals surface area (Å²) in [6.07, 6.45) is 19.8. The summed E-state index contributed by atoms with van der Waals surface area (Å²) in [5, 5.41) is 0. The summed E-state index contributed by atoms with van der Waals surface area (Å²) in [5.41, 5.74) is 2.84. The SMILES string of the molecule is C[C@H](CCCC(C=O)C=O)[C@H]1CC[C@H]2[C@@H]3CCC4=CCCC[C@]4(C)[C@H]3CC[C@]12C. The molecule has 4 rings (SSSR count). The van der Waals surface area contributed by atoms with Crippen molar-refractivity contribution in [2.75, 3.05) is 0 Å². The second kappa shape index (κ2) is 8.31. The summed E-state index contributed by atoms with van der Waals surface area (Å²) in [4.78, 5) is 21.9. The molecule has 0 aromatic carbocycles. The molecule has 0 bridgehead atoms. The number of rotatable bonds is 7. The summed E-state index contributed by atoms with van der Waals surface area (Å²) in [7, 11) is 0. The zero-order chi connectivity index (χ0) is 20.6. The molecule has 0 radical (unpaired) electrons. The zero-order valence-corrected chi connectivity index (χ0v) is 19.0. The van der Waals surface area contributed by atoms with E-state index in [0.29, 0.717) is 16.7 Å². The number of fused-ring (bicyclic) bond motifs is 5. The minimum atomic E-state index is -0.384. The van der Waals surface area contributed by atoms with Crippen LogP contribution in [0.4, 0.5) is 0 Å². The van der Waals surface area contributed by atoms with E-state index < -0.39 is 0 Å². The molecule has 0 aromatic rings. The molecule has 4 aliphatic carbocycles. The van der Waals surface area contributed by atoms with Crippen LogP contribution >= 0.6 is 0 Å². The highest BCUT2D eigenvalue weighted by molar-refractivity contribution is 5.77. The van der Waals surface area contributed by atoms with E-state index in [4.69, 9.17) is 0 Å². The number of allylic oxidation sites excluding steroid dienone is 2. The predicted octanol–water partition coefficient (Wildman–Crippen LogP) is 6.78. The third-order valence-corrected chi connectivity index (χ3v) is 10.3. The quantitative estimate of drug-likeness (QED) is 0.269. The summed E-state index contributed by atoms with van der Waals surface area (Å²) in [6.45, 7) is 7.70. The second-order valence-corrected chi connectivity index (χ2v) is 11.5. The lowest BCUT2D eigenvalue weighted by atomic mass is 9.46. The number of hydrogen-bond donors (Lipinski definition) is 0. The van der Waals surface area contributed by atoms with Gasteiger partial charge in [-0.25, -0.2) is 0 Å². The van der Waals surface area contributed by atoms with E-state index in [1.165, 1.54) is 64.2 Å². The molecule has 0 saturated heterocycles. The van der Waals surface area contributed by atoms with E-state index in [9.17, 15) is 9.59 Å². The molecule has 2 nitrogen and oxygen atoms in total. The minimum Gasteiger partial charge on any atom is -0.303 e. The predicted molar refractivity (Wildman–Crippen MR) is 118 cm³/mol. The highest BCUT2D eigenvalue weighted by Gasteiger charge is 2.59. The van der Waals surface area contributed by atoms with Crippen LogP contribution in [0.5, 0.6) is 0 Å². The average Bonchev–Trinajstić information content (AvgIpc) is 3.08. The molecule has 29 heavy (non-hydrogen) atoms. The van der Waals surface area contributed by atoms with Gasteiger partial charge in [-0.1, -0.05) is 45.3 Å². The molecule has 0 unspecified atom stereocenters. The first kappa shape index (κ1) is 21.3. The normalized spacial score (nSPS) is 42.4. The maximum Gasteiger partial charge on any atom is 0.130 e. The fraction of sp³-hybridized carbons (Fsp3) is 0.852. The summed E-state index contributed by atoms with van der Waals surface area (Å²) in [5.74, 6) is 3.95. The van der Waals surface area contributed by atoms with Crippen LogP contribution in [0.15, 0.2) is 11.6 Å². The van der Waals surface area contributed by atoms with Gasteiger partial charge in [-0.15, -0.1) is 0 Å². The van der Waals surface area contributed by atoms with Crippen molar-refractivity contribution in [2.24, 2.45) is 46.3 Å². The van der Waals surface area contributed by atoms with Gasteiger partial charge in [0.15, 0.2) is 0 Å². The van der Waals surface area contributed by atoms with Gasteiger partial charge in [0.1, 0.15) is 12.6 Å². The molecular weight excluding hydrogens is 356 g/mol. The van der Waals surface area contributed by atoms with Gasteiger partial charge in [-0.2, -0.15) is 0 Å². The Morgan fingerprint density at radius 1 is 1.03 bits per heavy atom. The van der Waals surface area contributed by atoms with Crippen molar-refractivity contribution in [1.82, 2.24) is 0 Å². The first-order chi connectivity index (χ1) is 13.9. The Kier molecular flexibility index (Phi) is 6.11. The molecular formula is C27H42O2. The standard InChI is InChI=1S/C27H42O2/c1-19(7-6-8-20(17-28)18-29)23-12-13-24-22-11-10-21-9-4-5-15-26(21,2)25(22)14-16-27(23,24)3/h9,17-20,22-25H,4-8,10-16H2,1-3H3/t19-,22+,23-,24+,25+,26+,27-/m1/s1. The fourth-order valence-electron chi connectivity index (χ4n) is 8.77. The monoisotopic (exact) mass is 398 g/mol. The van der Waals surface area contributed by atoms with Crippen molar-refractivity contribution in [3.63, 3.8) is 0 Å². The number of carbonyl (C=O) groups excluding carboxylic acids is 2. The number of hydrogen-bond acceptors (Lipinski definition) is 2. The first-order valence-electron chi connectivity index (χ1n) is 12.5. The van der Waals surface area contributed by atoms with Crippen molar-refractivity contribution in [3.8, 4) is 0 Å². The molecule has 0 amide bonds. The summed E-state index contributed by atoms with van der Waals surface area (Å²) in [6, 6.07) is 0. The molecule has 0 aliphatic heterocycles. The van der Waals surface area contributed by atoms with Crippen LogP contribution in [0, 0.1) is 46.3 Å². The molecule has 0 N–H and O–H groups in total. The lowest BCUT2D eigenvalue weighted by Crippen LogP contribution is -2.50. The molecule has 2 heteroatoms. The minimum absolute atomic E-state index is 0.384. The van der Waals surface area contributed by atoms with E-state index in [2.05, 4.69) is 26.8 Å². The Hall–Kier alpha value is -0.920. The number of carbonyl (C=O) groups is 2. The largest absolute Gasteiger partial charge is 0.303 e. The third kappa shape index (κ3) is 3.57. The Labute approximate surface area is 178 Å². The van der Waals surface area contributed by atoms with Crippen LogP contribution in [0.2, 0.25) is 0 Å². The molecule has 3 fully saturated rings. The zero-order valence-electron chi connectivity index (χ0n) is 19.0. The summed E-state index contributed by atoms with van der Waals surface area (Å²) >= 11 is 0. The van der Waals surface area contributed by atoms with E-state index in [1.807, 2.05) is 5.57 Å². The maximum atomic E-state index is 10.9. The molecule has 3 saturated carbocycles. The van der Waals surface area contributed by atoms with Crippen LogP contribution in [0.1, 0.15) is 97.8 Å². The topological polar surface area (TPSA) is 34.1 Å². The maximum absolute atomic E-state index is 10.9. The Morgan fingerprint density at radius 3 is 2.59 bits per heavy atom. The van der Waals surface area contributed by atoms with E-state index >= 15 is 0 Å². The lowest BCUT2D eigenvalue weighted by Gasteiger charge is -2.58. The van der Waals surface area contributed by atoms with Gasteiger partial charge in [-0.3, -0.25) is 0 Å². The molecule has 4 aliphatic rings. The van der Waals surface area contributed by atoms with Gasteiger partial charge in [-0.05, 0) is 105 Å². The van der Waals surface area contributed by atoms with Crippen molar-refractivity contribution in [1.29, 1.82) is 0 Å². The fourth-order valence-corrected chi connectivity index (χ4v) is 8.77. The van der Waals surface area contributed by atoms with Crippen molar-refractivity contribution in [2.45, 2.75) is 97.8 Å². The van der Waals surface area contributed by atoms with Crippen LogP contribution in [0.25, 0.3) is 0 Å². The van der Waals surface area contributed by atoms with Crippen molar-refractivity contribution in [3.05, 3.63) is 11.6 Å². The smallest absolute Gasteiger partial charge is 0.130 e. The van der Waals surface area contributed by atoms with Gasteiger partial charge < -0.3 is 9.59 Å². The molecule has 7 atom stereocenters. The Balaban J connectivity index is 1.44. The van der Waals surface area contributed by atoms with Gasteiger partial charge in [0.05, 0.1) is 5.92 Å². The highest BCUT2D eigenvalue weighted by Crippen LogP contribution is 2.67. The van der Waals surface area contributed by atoms with Gasteiger partial charge in [0, 0.05) is 0 Å². The van der Waals surface area contributed by atoms with Gasteiger partial charge in [0.25, 0.3) is 0 Å². The van der Waals surface area contributed by atoms with Crippen LogP contribution in [-0.4, -0.2) is 12.6 Å². The van der Waals surface area contributed by atoms with Gasteiger partial charge in [0.2, 0.25) is 0 Å². The average molecular weight is 399 g/mol. The molecule has 0 heterocycles. The highest BCUT2D eigenvalue weighted by atomic mass is 16.1. The van der Waals surface area contributed by atoms with Crippen molar-refractivity contribution < 1.29 is 9.59 Å². The number of aldehydes is 2. The summed E-state index contributed by atoms with van der Waals surface area (Å²) < 4.78 is 0. The van der Waals surface area contributed by atoms with E-state index in [0.717, 1.165) is 49.1 Å². The van der Waals surface area contributed by atoms with Crippen LogP contribution in [0.3, 0.4) is 0 Å². The second-order valence-electron chi connectivity index (χ2n) is 11.5. The lowest BCUT2D eigenvalue weighted by molar-refractivity contribution is -0.119. The first-order valence-corrected chi connectivity index (χ1v) is 12.5. The molecule has 0 aromatic heterocycles. The van der Waals surface area contributed by atoms with E-state index in [-0.39, 0.29) is 5.92 Å². The Bertz CT molecular complexity index is 643. The van der Waals surface area contributed by atoms with Gasteiger partial charge >= 0.3 is 0 Å². The van der Waals surface area contributed by atoms with Crippen molar-refractivity contribution >= 4 is 12.6 Å². The molecule has 162 valence electrons. The van der Waals surface area contributed by atoms with E-state index in [1.54, 1.807) is 0 Å². The van der Waals surface area contributed by atoms with Crippen LogP contribution in [-0.2, 0) is 9.59 Å². The molecule has 0 spiro atoms.